The van der Waals surface area contributed by atoms with E-state index in [0.717, 1.165) is 25.9 Å². The van der Waals surface area contributed by atoms with Crippen molar-refractivity contribution >= 4 is 62.5 Å². The first-order chi connectivity index (χ1) is 14.8. The summed E-state index contributed by atoms with van der Waals surface area (Å²) >= 11 is 10.5. The summed E-state index contributed by atoms with van der Waals surface area (Å²) in [5, 5.41) is 2.91. The minimum Gasteiger partial charge on any atom is -0.350 e. The zero-order valence-corrected chi connectivity index (χ0v) is 19.3. The SMILES string of the molecule is Cc1ccc(SC2=C(Nc3ccc(Br)cc3)C(=O)N(c3ccc(F)c(Cl)c3)C2=O)cc1. The Morgan fingerprint density at radius 1 is 0.968 bits per heavy atom. The number of halogens is 3. The van der Waals surface area contributed by atoms with E-state index >= 15 is 0 Å². The third-order valence-electron chi connectivity index (χ3n) is 4.56. The zero-order chi connectivity index (χ0) is 22.1. The molecule has 1 aliphatic rings. The number of benzene rings is 3. The van der Waals surface area contributed by atoms with Crippen molar-refractivity contribution in [3.05, 3.63) is 98.2 Å². The first-order valence-electron chi connectivity index (χ1n) is 9.19. The highest BCUT2D eigenvalue weighted by Crippen LogP contribution is 2.38. The molecular weight excluding hydrogens is 503 g/mol. The lowest BCUT2D eigenvalue weighted by Crippen LogP contribution is -2.32. The Balaban J connectivity index is 1.74. The predicted octanol–water partition coefficient (Wildman–Crippen LogP) is 6.54. The summed E-state index contributed by atoms with van der Waals surface area (Å²) in [7, 11) is 0. The first kappa shape index (κ1) is 21.6. The average molecular weight is 518 g/mol. The highest BCUT2D eigenvalue weighted by molar-refractivity contribution is 9.10. The van der Waals surface area contributed by atoms with E-state index in [2.05, 4.69) is 21.2 Å². The molecule has 0 aromatic heterocycles. The van der Waals surface area contributed by atoms with Gasteiger partial charge in [-0.05, 0) is 61.5 Å². The number of nitrogens with one attached hydrogen (secondary N) is 1. The number of amides is 2. The summed E-state index contributed by atoms with van der Waals surface area (Å²) in [5.74, 6) is -1.66. The van der Waals surface area contributed by atoms with E-state index in [4.69, 9.17) is 11.6 Å². The molecule has 3 aromatic carbocycles. The highest BCUT2D eigenvalue weighted by Gasteiger charge is 2.40. The number of hydrogen-bond donors (Lipinski definition) is 1. The van der Waals surface area contributed by atoms with E-state index in [1.807, 2.05) is 43.3 Å². The van der Waals surface area contributed by atoms with Crippen LogP contribution in [0.4, 0.5) is 15.8 Å². The molecule has 8 heteroatoms. The molecule has 1 heterocycles. The van der Waals surface area contributed by atoms with Crippen molar-refractivity contribution in [2.24, 2.45) is 0 Å². The summed E-state index contributed by atoms with van der Waals surface area (Å²) in [6, 6.07) is 18.6. The molecule has 0 saturated heterocycles. The minimum absolute atomic E-state index is 0.151. The Kier molecular flexibility index (Phi) is 6.18. The maximum atomic E-state index is 13.6. The van der Waals surface area contributed by atoms with Crippen LogP contribution in [-0.4, -0.2) is 11.8 Å². The number of thioether (sulfide) groups is 1. The van der Waals surface area contributed by atoms with Gasteiger partial charge in [0.1, 0.15) is 16.4 Å². The predicted molar refractivity (Wildman–Crippen MR) is 126 cm³/mol. The van der Waals surface area contributed by atoms with Crippen LogP contribution in [-0.2, 0) is 9.59 Å². The smallest absolute Gasteiger partial charge is 0.283 e. The van der Waals surface area contributed by atoms with Gasteiger partial charge in [0.2, 0.25) is 0 Å². The van der Waals surface area contributed by atoms with E-state index < -0.39 is 17.6 Å². The van der Waals surface area contributed by atoms with Gasteiger partial charge in [-0.15, -0.1) is 0 Å². The lowest BCUT2D eigenvalue weighted by atomic mass is 10.2. The van der Waals surface area contributed by atoms with Gasteiger partial charge in [0, 0.05) is 15.1 Å². The first-order valence-corrected chi connectivity index (χ1v) is 11.2. The fourth-order valence-corrected chi connectivity index (χ4v) is 4.34. The Labute approximate surface area is 196 Å². The molecule has 4 rings (SSSR count). The topological polar surface area (TPSA) is 49.4 Å². The molecule has 31 heavy (non-hydrogen) atoms. The van der Waals surface area contributed by atoms with Gasteiger partial charge in [-0.25, -0.2) is 9.29 Å². The largest absolute Gasteiger partial charge is 0.350 e. The summed E-state index contributed by atoms with van der Waals surface area (Å²) in [6.45, 7) is 1.97. The van der Waals surface area contributed by atoms with E-state index in [1.54, 1.807) is 12.1 Å². The third kappa shape index (κ3) is 4.54. The summed E-state index contributed by atoms with van der Waals surface area (Å²) < 4.78 is 14.5. The van der Waals surface area contributed by atoms with E-state index in [-0.39, 0.29) is 21.3 Å². The van der Waals surface area contributed by atoms with Gasteiger partial charge in [-0.2, -0.15) is 0 Å². The summed E-state index contributed by atoms with van der Waals surface area (Å²) in [6.07, 6.45) is 0. The fourth-order valence-electron chi connectivity index (χ4n) is 2.97. The molecule has 0 bridgehead atoms. The normalized spacial score (nSPS) is 13.9. The Hall–Kier alpha value is -2.61. The summed E-state index contributed by atoms with van der Waals surface area (Å²) in [4.78, 5) is 28.6. The van der Waals surface area contributed by atoms with Crippen molar-refractivity contribution in [3.63, 3.8) is 0 Å². The van der Waals surface area contributed by atoms with Gasteiger partial charge >= 0.3 is 0 Å². The van der Waals surface area contributed by atoms with Crippen molar-refractivity contribution < 1.29 is 14.0 Å². The highest BCUT2D eigenvalue weighted by atomic mass is 79.9. The monoisotopic (exact) mass is 516 g/mol. The van der Waals surface area contributed by atoms with E-state index in [1.165, 1.54) is 23.9 Å². The van der Waals surface area contributed by atoms with Crippen LogP contribution in [0.15, 0.2) is 86.7 Å². The molecule has 2 amide bonds. The van der Waals surface area contributed by atoms with Crippen LogP contribution in [0.25, 0.3) is 0 Å². The van der Waals surface area contributed by atoms with Gasteiger partial charge in [0.15, 0.2) is 0 Å². The Morgan fingerprint density at radius 3 is 2.29 bits per heavy atom. The minimum atomic E-state index is -0.625. The molecule has 0 fully saturated rings. The molecule has 0 aliphatic carbocycles. The number of aryl methyl sites for hydroxylation is 1. The van der Waals surface area contributed by atoms with Crippen molar-refractivity contribution in [3.8, 4) is 0 Å². The van der Waals surface area contributed by atoms with Crippen LogP contribution in [0, 0.1) is 12.7 Å². The second-order valence-corrected chi connectivity index (χ2v) is 9.20. The number of rotatable bonds is 5. The molecule has 1 N–H and O–H groups in total. The van der Waals surface area contributed by atoms with Crippen LogP contribution < -0.4 is 10.2 Å². The van der Waals surface area contributed by atoms with Gasteiger partial charge in [-0.1, -0.05) is 57.0 Å². The van der Waals surface area contributed by atoms with Crippen LogP contribution >= 0.6 is 39.3 Å². The number of hydrogen-bond acceptors (Lipinski definition) is 4. The zero-order valence-electron chi connectivity index (χ0n) is 16.2. The molecule has 156 valence electrons. The van der Waals surface area contributed by atoms with Crippen molar-refractivity contribution in [1.29, 1.82) is 0 Å². The molecule has 0 unspecified atom stereocenters. The Bertz CT molecular complexity index is 1140. The number of carbonyl (C=O) groups is 2. The lowest BCUT2D eigenvalue weighted by molar-refractivity contribution is -0.120. The fraction of sp³-hybridized carbons (Fsp3) is 0.0435. The quantitative estimate of drug-likeness (QED) is 0.391. The van der Waals surface area contributed by atoms with Crippen molar-refractivity contribution in [2.45, 2.75) is 11.8 Å². The van der Waals surface area contributed by atoms with Crippen molar-refractivity contribution in [2.75, 3.05) is 10.2 Å². The maximum Gasteiger partial charge on any atom is 0.283 e. The van der Waals surface area contributed by atoms with Crippen LogP contribution in [0.2, 0.25) is 5.02 Å². The summed E-state index contributed by atoms with van der Waals surface area (Å²) in [5.41, 5.74) is 2.10. The van der Waals surface area contributed by atoms with Gasteiger partial charge in [-0.3, -0.25) is 9.59 Å². The van der Waals surface area contributed by atoms with Crippen LogP contribution in [0.5, 0.6) is 0 Å². The number of anilines is 2. The molecular formula is C23H15BrClFN2O2S. The molecule has 4 nitrogen and oxygen atoms in total. The number of imide groups is 1. The number of nitrogens with zero attached hydrogens (tertiary/aromatic N) is 1. The number of carbonyl (C=O) groups excluding carboxylic acids is 2. The molecule has 3 aromatic rings. The maximum absolute atomic E-state index is 13.6. The standard InChI is InChI=1S/C23H15BrClFN2O2S/c1-13-2-9-17(10-3-13)31-21-20(27-15-6-4-14(24)5-7-15)22(29)28(23(21)30)16-8-11-19(26)18(25)12-16/h2-12,27H,1H3. The molecule has 1 aliphatic heterocycles. The second-order valence-electron chi connectivity index (χ2n) is 6.80. The Morgan fingerprint density at radius 2 is 1.65 bits per heavy atom. The molecule has 0 radical (unpaired) electrons. The van der Waals surface area contributed by atoms with Gasteiger partial charge < -0.3 is 5.32 Å². The van der Waals surface area contributed by atoms with Crippen LogP contribution in [0.1, 0.15) is 5.56 Å². The van der Waals surface area contributed by atoms with E-state index in [9.17, 15) is 14.0 Å². The van der Waals surface area contributed by atoms with E-state index in [0.29, 0.717) is 5.69 Å². The average Bonchev–Trinajstić information content (AvgIpc) is 2.97. The van der Waals surface area contributed by atoms with Gasteiger partial charge in [0.05, 0.1) is 10.7 Å². The third-order valence-corrected chi connectivity index (χ3v) is 6.47. The molecule has 0 spiro atoms. The van der Waals surface area contributed by atoms with Crippen LogP contribution in [0.3, 0.4) is 0 Å². The lowest BCUT2D eigenvalue weighted by Gasteiger charge is -2.15. The van der Waals surface area contributed by atoms with Gasteiger partial charge in [0.25, 0.3) is 11.8 Å². The second kappa shape index (κ2) is 8.86. The molecule has 0 atom stereocenters. The van der Waals surface area contributed by atoms with Crippen molar-refractivity contribution in [1.82, 2.24) is 0 Å². The molecule has 0 saturated carbocycles.